The number of rotatable bonds is 3. The number of benzene rings is 2. The topological polar surface area (TPSA) is 49.3 Å². The van der Waals surface area contributed by atoms with Crippen LogP contribution in [0.4, 0.5) is 0 Å². The van der Waals surface area contributed by atoms with Crippen molar-refractivity contribution in [1.29, 1.82) is 0 Å². The molecule has 3 heteroatoms. The molecule has 0 radical (unpaired) electrons. The molecule has 1 fully saturated rings. The van der Waals surface area contributed by atoms with Crippen LogP contribution in [0.25, 0.3) is 0 Å². The van der Waals surface area contributed by atoms with Gasteiger partial charge in [-0.2, -0.15) is 0 Å². The molecule has 2 aromatic rings. The highest BCUT2D eigenvalue weighted by Crippen LogP contribution is 2.43. The van der Waals surface area contributed by atoms with Crippen LogP contribution in [0.1, 0.15) is 78.2 Å². The lowest BCUT2D eigenvalue weighted by atomic mass is 9.70. The Hall–Kier alpha value is -2.57. The van der Waals surface area contributed by atoms with Crippen molar-refractivity contribution in [3.63, 3.8) is 0 Å². The third-order valence-electron chi connectivity index (χ3n) is 5.71. The number of carboxylic acids is 1. The Bertz CT molecular complexity index is 927. The van der Waals surface area contributed by atoms with Gasteiger partial charge in [0.05, 0.1) is 5.56 Å². The first-order valence-electron chi connectivity index (χ1n) is 9.68. The van der Waals surface area contributed by atoms with Crippen LogP contribution in [0.5, 0.6) is 0 Å². The highest BCUT2D eigenvalue weighted by Gasteiger charge is 2.35. The number of hydrogen-bond acceptors (Lipinski definition) is 2. The first-order valence-corrected chi connectivity index (χ1v) is 9.68. The number of carboxylic acid groups (broad SMARTS) is 1. The molecular formula is C24H25NO2. The van der Waals surface area contributed by atoms with E-state index < -0.39 is 5.97 Å². The van der Waals surface area contributed by atoms with E-state index in [9.17, 15) is 4.79 Å². The zero-order valence-electron chi connectivity index (χ0n) is 15.9. The van der Waals surface area contributed by atoms with Gasteiger partial charge in [0.2, 0.25) is 0 Å². The molecule has 27 heavy (non-hydrogen) atoms. The van der Waals surface area contributed by atoms with Crippen molar-refractivity contribution in [2.24, 2.45) is 0 Å². The van der Waals surface area contributed by atoms with Crippen molar-refractivity contribution < 1.29 is 9.90 Å². The Labute approximate surface area is 160 Å². The van der Waals surface area contributed by atoms with E-state index in [-0.39, 0.29) is 11.0 Å². The van der Waals surface area contributed by atoms with Crippen molar-refractivity contribution in [2.45, 2.75) is 57.0 Å². The van der Waals surface area contributed by atoms with Gasteiger partial charge in [-0.15, -0.1) is 0 Å². The smallest absolute Gasteiger partial charge is 0.335 e. The number of fused-ring (bicyclic) bond motifs is 1. The lowest BCUT2D eigenvalue weighted by Crippen LogP contribution is -2.33. The van der Waals surface area contributed by atoms with E-state index in [1.807, 2.05) is 0 Å². The van der Waals surface area contributed by atoms with Gasteiger partial charge in [-0.1, -0.05) is 31.8 Å². The molecule has 138 valence electrons. The van der Waals surface area contributed by atoms with Crippen LogP contribution in [0.2, 0.25) is 0 Å². The van der Waals surface area contributed by atoms with E-state index >= 15 is 0 Å². The zero-order chi connectivity index (χ0) is 19.0. The summed E-state index contributed by atoms with van der Waals surface area (Å²) in [5.74, 6) is 5.49. The lowest BCUT2D eigenvalue weighted by Gasteiger charge is -2.37. The van der Waals surface area contributed by atoms with Crippen LogP contribution in [-0.2, 0) is 5.41 Å². The van der Waals surface area contributed by atoms with Crippen molar-refractivity contribution in [3.05, 3.63) is 70.3 Å². The second-order valence-corrected chi connectivity index (χ2v) is 8.35. The van der Waals surface area contributed by atoms with Crippen LogP contribution in [0, 0.1) is 11.8 Å². The number of nitrogens with one attached hydrogen (secondary N) is 1. The molecule has 0 amide bonds. The first kappa shape index (κ1) is 17.8. The minimum absolute atomic E-state index is 0.165. The maximum atomic E-state index is 10.9. The van der Waals surface area contributed by atoms with Gasteiger partial charge in [0.15, 0.2) is 0 Å². The van der Waals surface area contributed by atoms with E-state index in [2.05, 4.69) is 49.2 Å². The highest BCUT2D eigenvalue weighted by atomic mass is 16.4. The van der Waals surface area contributed by atoms with Crippen LogP contribution >= 0.6 is 0 Å². The molecule has 1 unspecified atom stereocenters. The molecule has 1 saturated carbocycles. The standard InChI is InChI=1S/C24H25NO2/c1-24(2)14-13-22(25-19-10-11-19)20-12-7-17(15-21(20)24)4-3-16-5-8-18(9-6-16)23(26)27/h5-9,12,15,19,22,25H,10-11,13-14H2,1-2H3,(H,26,27). The molecule has 0 bridgehead atoms. The Morgan fingerprint density at radius 3 is 2.37 bits per heavy atom. The summed E-state index contributed by atoms with van der Waals surface area (Å²) in [6.45, 7) is 4.64. The Morgan fingerprint density at radius 2 is 1.70 bits per heavy atom. The maximum absolute atomic E-state index is 10.9. The summed E-state index contributed by atoms with van der Waals surface area (Å²) in [7, 11) is 0. The molecule has 2 aliphatic carbocycles. The summed E-state index contributed by atoms with van der Waals surface area (Å²) in [4.78, 5) is 10.9. The molecule has 0 saturated heterocycles. The van der Waals surface area contributed by atoms with Crippen LogP contribution in [0.15, 0.2) is 42.5 Å². The maximum Gasteiger partial charge on any atom is 0.335 e. The predicted octanol–water partition coefficient (Wildman–Crippen LogP) is 4.65. The zero-order valence-corrected chi connectivity index (χ0v) is 15.9. The van der Waals surface area contributed by atoms with Gasteiger partial charge in [0.1, 0.15) is 0 Å². The summed E-state index contributed by atoms with van der Waals surface area (Å²) in [5.41, 5.74) is 5.11. The summed E-state index contributed by atoms with van der Waals surface area (Å²) in [6.07, 6.45) is 4.98. The average molecular weight is 359 g/mol. The molecule has 2 N–H and O–H groups in total. The van der Waals surface area contributed by atoms with Crippen LogP contribution < -0.4 is 5.32 Å². The normalized spacial score (nSPS) is 20.3. The number of aromatic carboxylic acids is 1. The summed E-state index contributed by atoms with van der Waals surface area (Å²) < 4.78 is 0. The highest BCUT2D eigenvalue weighted by molar-refractivity contribution is 5.87. The molecule has 1 atom stereocenters. The minimum atomic E-state index is -0.916. The van der Waals surface area contributed by atoms with Gasteiger partial charge in [-0.3, -0.25) is 0 Å². The fourth-order valence-electron chi connectivity index (χ4n) is 3.87. The monoisotopic (exact) mass is 359 g/mol. The second-order valence-electron chi connectivity index (χ2n) is 8.35. The summed E-state index contributed by atoms with van der Waals surface area (Å²) in [6, 6.07) is 14.5. The van der Waals surface area contributed by atoms with Gasteiger partial charge >= 0.3 is 5.97 Å². The fourth-order valence-corrected chi connectivity index (χ4v) is 3.87. The van der Waals surface area contributed by atoms with Gasteiger partial charge in [0.25, 0.3) is 0 Å². The predicted molar refractivity (Wildman–Crippen MR) is 107 cm³/mol. The third-order valence-corrected chi connectivity index (χ3v) is 5.71. The summed E-state index contributed by atoms with van der Waals surface area (Å²) >= 11 is 0. The molecule has 2 aromatic carbocycles. The van der Waals surface area contributed by atoms with Gasteiger partial charge < -0.3 is 10.4 Å². The lowest BCUT2D eigenvalue weighted by molar-refractivity contribution is 0.0697. The van der Waals surface area contributed by atoms with Gasteiger partial charge in [-0.25, -0.2) is 4.79 Å². The van der Waals surface area contributed by atoms with Crippen LogP contribution in [0.3, 0.4) is 0 Å². The molecular weight excluding hydrogens is 334 g/mol. The molecule has 0 spiro atoms. The SMILES string of the molecule is CC1(C)CCC(NC2CC2)c2ccc(C#Cc3ccc(C(=O)O)cc3)cc21. The molecule has 0 heterocycles. The van der Waals surface area contributed by atoms with E-state index in [4.69, 9.17) is 5.11 Å². The van der Waals surface area contributed by atoms with Crippen molar-refractivity contribution in [3.8, 4) is 11.8 Å². The quantitative estimate of drug-likeness (QED) is 0.785. The Morgan fingerprint density at radius 1 is 1.04 bits per heavy atom. The molecule has 4 rings (SSSR count). The largest absolute Gasteiger partial charge is 0.478 e. The van der Waals surface area contributed by atoms with E-state index in [0.717, 1.165) is 11.1 Å². The molecule has 0 aromatic heterocycles. The average Bonchev–Trinajstić information content (AvgIpc) is 3.47. The van der Waals surface area contributed by atoms with Crippen molar-refractivity contribution in [2.75, 3.05) is 0 Å². The first-order chi connectivity index (χ1) is 12.9. The van der Waals surface area contributed by atoms with E-state index in [0.29, 0.717) is 12.1 Å². The van der Waals surface area contributed by atoms with Gasteiger partial charge in [-0.05, 0) is 78.6 Å². The van der Waals surface area contributed by atoms with Gasteiger partial charge in [0, 0.05) is 23.2 Å². The second kappa shape index (κ2) is 6.87. The molecule has 2 aliphatic rings. The van der Waals surface area contributed by atoms with E-state index in [1.54, 1.807) is 24.3 Å². The third kappa shape index (κ3) is 3.91. The van der Waals surface area contributed by atoms with Crippen LogP contribution in [-0.4, -0.2) is 17.1 Å². The van der Waals surface area contributed by atoms with Crippen molar-refractivity contribution >= 4 is 5.97 Å². The van der Waals surface area contributed by atoms with E-state index in [1.165, 1.54) is 36.8 Å². The number of carbonyl (C=O) groups is 1. The van der Waals surface area contributed by atoms with Crippen molar-refractivity contribution in [1.82, 2.24) is 5.32 Å². The Balaban J connectivity index is 1.61. The summed E-state index contributed by atoms with van der Waals surface area (Å²) in [5, 5.41) is 12.8. The molecule has 0 aliphatic heterocycles. The Kier molecular flexibility index (Phi) is 4.53. The molecule has 3 nitrogen and oxygen atoms in total. The fraction of sp³-hybridized carbons (Fsp3) is 0.375. The number of hydrogen-bond donors (Lipinski definition) is 2. The minimum Gasteiger partial charge on any atom is -0.478 e.